The number of hydrogen-bond donors (Lipinski definition) is 1. The molecule has 140 valence electrons. The average molecular weight is 369 g/mol. The fraction of sp³-hybridized carbons (Fsp3) is 0.588. The summed E-state index contributed by atoms with van der Waals surface area (Å²) in [6, 6.07) is 4.99. The quantitative estimate of drug-likeness (QED) is 0.784. The number of amides is 1. The zero-order valence-corrected chi connectivity index (χ0v) is 15.9. The smallest absolute Gasteiger partial charge is 0.243 e. The molecular weight excluding hydrogens is 342 g/mol. The van der Waals surface area contributed by atoms with Crippen molar-refractivity contribution in [3.8, 4) is 0 Å². The van der Waals surface area contributed by atoms with Crippen LogP contribution in [0.2, 0.25) is 0 Å². The van der Waals surface area contributed by atoms with E-state index >= 15 is 0 Å². The van der Waals surface area contributed by atoms with Crippen LogP contribution in [0.1, 0.15) is 19.4 Å². The Labute approximate surface area is 150 Å². The first-order chi connectivity index (χ1) is 11.9. The van der Waals surface area contributed by atoms with Crippen molar-refractivity contribution in [2.24, 2.45) is 0 Å². The van der Waals surface area contributed by atoms with Crippen molar-refractivity contribution in [3.63, 3.8) is 0 Å². The number of sulfonamides is 1. The van der Waals surface area contributed by atoms with Crippen molar-refractivity contribution in [1.82, 2.24) is 9.21 Å². The molecule has 2 rings (SSSR count). The number of hydrogen-bond acceptors (Lipinski definition) is 5. The molecule has 1 aromatic rings. The van der Waals surface area contributed by atoms with E-state index in [1.165, 1.54) is 4.31 Å². The van der Waals surface area contributed by atoms with Gasteiger partial charge in [0.25, 0.3) is 0 Å². The standard InChI is InChI=1S/C17H27N3O4S/c1-4-19(5-2)13-17(21)18-15-7-6-14(3)16(12-15)25(22,23)20-8-10-24-11-9-20/h6-7,12H,4-5,8-11,13H2,1-3H3,(H,18,21). The third-order valence-electron chi connectivity index (χ3n) is 4.32. The van der Waals surface area contributed by atoms with Crippen molar-refractivity contribution in [1.29, 1.82) is 0 Å². The van der Waals surface area contributed by atoms with E-state index in [-0.39, 0.29) is 17.3 Å². The van der Waals surface area contributed by atoms with E-state index in [1.54, 1.807) is 25.1 Å². The molecule has 1 aromatic carbocycles. The Hall–Kier alpha value is -1.48. The monoisotopic (exact) mass is 369 g/mol. The lowest BCUT2D eigenvalue weighted by molar-refractivity contribution is -0.117. The van der Waals surface area contributed by atoms with Crippen molar-refractivity contribution in [2.45, 2.75) is 25.7 Å². The fourth-order valence-electron chi connectivity index (χ4n) is 2.73. The minimum absolute atomic E-state index is 0.151. The van der Waals surface area contributed by atoms with Crippen LogP contribution < -0.4 is 5.32 Å². The second-order valence-corrected chi connectivity index (χ2v) is 7.91. The van der Waals surface area contributed by atoms with E-state index in [0.29, 0.717) is 37.6 Å². The van der Waals surface area contributed by atoms with Crippen molar-refractivity contribution < 1.29 is 17.9 Å². The highest BCUT2D eigenvalue weighted by Gasteiger charge is 2.28. The predicted octanol–water partition coefficient (Wildman–Crippen LogP) is 1.30. The molecule has 0 aliphatic carbocycles. The highest BCUT2D eigenvalue weighted by Crippen LogP contribution is 2.24. The van der Waals surface area contributed by atoms with E-state index in [4.69, 9.17) is 4.74 Å². The van der Waals surface area contributed by atoms with Crippen LogP contribution >= 0.6 is 0 Å². The molecule has 1 saturated heterocycles. The maximum absolute atomic E-state index is 12.9. The number of carbonyl (C=O) groups excluding carboxylic acids is 1. The molecule has 1 N–H and O–H groups in total. The molecule has 0 bridgehead atoms. The molecule has 8 heteroatoms. The molecule has 0 aromatic heterocycles. The zero-order chi connectivity index (χ0) is 18.4. The van der Waals surface area contributed by atoms with Gasteiger partial charge in [0.05, 0.1) is 24.7 Å². The maximum Gasteiger partial charge on any atom is 0.243 e. The lowest BCUT2D eigenvalue weighted by Crippen LogP contribution is -2.40. The van der Waals surface area contributed by atoms with E-state index < -0.39 is 10.0 Å². The number of aryl methyl sites for hydroxylation is 1. The van der Waals surface area contributed by atoms with Crippen LogP contribution in [0.15, 0.2) is 23.1 Å². The van der Waals surface area contributed by atoms with Crippen molar-refractivity contribution >= 4 is 21.6 Å². The van der Waals surface area contributed by atoms with Gasteiger partial charge in [-0.1, -0.05) is 19.9 Å². The van der Waals surface area contributed by atoms with E-state index in [0.717, 1.165) is 13.1 Å². The molecule has 1 fully saturated rings. The van der Waals surface area contributed by atoms with Gasteiger partial charge in [0.1, 0.15) is 0 Å². The Morgan fingerprint density at radius 1 is 1.24 bits per heavy atom. The van der Waals surface area contributed by atoms with E-state index in [1.807, 2.05) is 18.7 Å². The number of anilines is 1. The molecule has 1 aliphatic rings. The Balaban J connectivity index is 2.18. The molecule has 0 spiro atoms. The van der Waals surface area contributed by atoms with E-state index in [2.05, 4.69) is 5.32 Å². The highest BCUT2D eigenvalue weighted by molar-refractivity contribution is 7.89. The summed E-state index contributed by atoms with van der Waals surface area (Å²) >= 11 is 0. The number of carbonyl (C=O) groups is 1. The first kappa shape index (κ1) is 19.8. The van der Waals surface area contributed by atoms with Crippen LogP contribution in [-0.4, -0.2) is 69.5 Å². The SMILES string of the molecule is CCN(CC)CC(=O)Nc1ccc(C)c(S(=O)(=O)N2CCOCC2)c1. The van der Waals surface area contributed by atoms with Gasteiger partial charge in [-0.05, 0) is 37.7 Å². The summed E-state index contributed by atoms with van der Waals surface area (Å²) in [4.78, 5) is 14.4. The molecule has 0 saturated carbocycles. The Morgan fingerprint density at radius 2 is 1.88 bits per heavy atom. The third-order valence-corrected chi connectivity index (χ3v) is 6.36. The normalized spacial score (nSPS) is 16.2. The average Bonchev–Trinajstić information content (AvgIpc) is 2.62. The number of nitrogens with zero attached hydrogens (tertiary/aromatic N) is 2. The predicted molar refractivity (Wildman–Crippen MR) is 97.2 cm³/mol. The number of likely N-dealkylation sites (N-methyl/N-ethyl adjacent to an activating group) is 1. The van der Waals surface area contributed by atoms with Crippen molar-refractivity contribution in [3.05, 3.63) is 23.8 Å². The molecular formula is C17H27N3O4S. The second kappa shape index (κ2) is 8.75. The topological polar surface area (TPSA) is 79.0 Å². The third kappa shape index (κ3) is 5.01. The van der Waals surface area contributed by atoms with Gasteiger partial charge in [0, 0.05) is 18.8 Å². The molecule has 1 aliphatic heterocycles. The van der Waals surface area contributed by atoms with Gasteiger partial charge in [-0.25, -0.2) is 8.42 Å². The lowest BCUT2D eigenvalue weighted by atomic mass is 10.2. The minimum Gasteiger partial charge on any atom is -0.379 e. The summed E-state index contributed by atoms with van der Waals surface area (Å²) in [7, 11) is -3.59. The fourth-order valence-corrected chi connectivity index (χ4v) is 4.39. The molecule has 0 radical (unpaired) electrons. The summed E-state index contributed by atoms with van der Waals surface area (Å²) in [5, 5.41) is 2.80. The largest absolute Gasteiger partial charge is 0.379 e. The van der Waals surface area contributed by atoms with Gasteiger partial charge in [-0.3, -0.25) is 9.69 Å². The molecule has 1 heterocycles. The molecule has 7 nitrogen and oxygen atoms in total. The number of benzene rings is 1. The van der Waals surface area contributed by atoms with Crippen LogP contribution in [0.5, 0.6) is 0 Å². The summed E-state index contributed by atoms with van der Waals surface area (Å²) < 4.78 is 32.4. The van der Waals surface area contributed by atoms with Crippen LogP contribution in [0.4, 0.5) is 5.69 Å². The first-order valence-corrected chi connectivity index (χ1v) is 10.0. The number of rotatable bonds is 7. The van der Waals surface area contributed by atoms with Gasteiger partial charge < -0.3 is 10.1 Å². The van der Waals surface area contributed by atoms with Gasteiger partial charge in [0.2, 0.25) is 15.9 Å². The van der Waals surface area contributed by atoms with Crippen LogP contribution in [-0.2, 0) is 19.6 Å². The number of nitrogens with one attached hydrogen (secondary N) is 1. The van der Waals surface area contributed by atoms with Gasteiger partial charge >= 0.3 is 0 Å². The van der Waals surface area contributed by atoms with Gasteiger partial charge in [0.15, 0.2) is 0 Å². The highest BCUT2D eigenvalue weighted by atomic mass is 32.2. The zero-order valence-electron chi connectivity index (χ0n) is 15.1. The molecule has 0 atom stereocenters. The maximum atomic E-state index is 12.9. The van der Waals surface area contributed by atoms with Crippen LogP contribution in [0.25, 0.3) is 0 Å². The minimum atomic E-state index is -3.59. The van der Waals surface area contributed by atoms with Gasteiger partial charge in [-0.2, -0.15) is 4.31 Å². The summed E-state index contributed by atoms with van der Waals surface area (Å²) in [5.41, 5.74) is 1.16. The molecule has 0 unspecified atom stereocenters. The van der Waals surface area contributed by atoms with Crippen LogP contribution in [0.3, 0.4) is 0 Å². The van der Waals surface area contributed by atoms with E-state index in [9.17, 15) is 13.2 Å². The molecule has 25 heavy (non-hydrogen) atoms. The van der Waals surface area contributed by atoms with Crippen molar-refractivity contribution in [2.75, 3.05) is 51.3 Å². The summed E-state index contributed by atoms with van der Waals surface area (Å²) in [6.07, 6.45) is 0. The first-order valence-electron chi connectivity index (χ1n) is 8.59. The lowest BCUT2D eigenvalue weighted by Gasteiger charge is -2.27. The van der Waals surface area contributed by atoms with Gasteiger partial charge in [-0.15, -0.1) is 0 Å². The second-order valence-electron chi connectivity index (χ2n) is 6.01. The Kier molecular flexibility index (Phi) is 6.95. The Bertz CT molecular complexity index is 696. The number of ether oxygens (including phenoxy) is 1. The van der Waals surface area contributed by atoms with Crippen LogP contribution in [0, 0.1) is 6.92 Å². The molecule has 1 amide bonds. The summed E-state index contributed by atoms with van der Waals surface area (Å²) in [6.45, 7) is 9.10. The summed E-state index contributed by atoms with van der Waals surface area (Å²) in [5.74, 6) is -0.151. The number of morpholine rings is 1. The Morgan fingerprint density at radius 3 is 2.48 bits per heavy atom.